The van der Waals surface area contributed by atoms with Crippen molar-refractivity contribution in [2.75, 3.05) is 13.2 Å². The van der Waals surface area contributed by atoms with Crippen molar-refractivity contribution in [3.05, 3.63) is 6.42 Å². The van der Waals surface area contributed by atoms with Gasteiger partial charge in [0.15, 0.2) is 0 Å². The number of rotatable bonds is 27. The fourth-order valence-electron chi connectivity index (χ4n) is 7.11. The van der Waals surface area contributed by atoms with Gasteiger partial charge in [-0.2, -0.15) is 0 Å². The van der Waals surface area contributed by atoms with Gasteiger partial charge in [0.2, 0.25) is 0 Å². The van der Waals surface area contributed by atoms with Crippen molar-refractivity contribution in [3.8, 4) is 0 Å². The second-order valence-corrected chi connectivity index (χ2v) is 12.9. The molecule has 0 aliphatic heterocycles. The average molecular weight is 536 g/mol. The van der Waals surface area contributed by atoms with Gasteiger partial charge in [0.25, 0.3) is 0 Å². The Labute approximate surface area is 240 Å². The fraction of sp³-hybridized carbons (Fsp3) is 0.972. The molecule has 0 aromatic rings. The third kappa shape index (κ3) is 19.1. The number of aliphatic hydroxyl groups excluding tert-OH is 2. The summed E-state index contributed by atoms with van der Waals surface area (Å²) in [6.45, 7) is 5.39. The molecule has 1 radical (unpaired) electrons. The van der Waals surface area contributed by atoms with E-state index in [-0.39, 0.29) is 0 Å². The van der Waals surface area contributed by atoms with E-state index in [0.29, 0.717) is 13.2 Å². The van der Waals surface area contributed by atoms with Gasteiger partial charge in [0.1, 0.15) is 0 Å². The zero-order valence-electron chi connectivity index (χ0n) is 26.3. The Kier molecular flexibility index (Phi) is 25.6. The molecular formula is C36H71O2. The Morgan fingerprint density at radius 3 is 1.13 bits per heavy atom. The van der Waals surface area contributed by atoms with Crippen LogP contribution in [-0.2, 0) is 0 Å². The van der Waals surface area contributed by atoms with E-state index in [0.717, 1.165) is 36.5 Å². The van der Waals surface area contributed by atoms with E-state index < -0.39 is 0 Å². The molecule has 0 aromatic carbocycles. The van der Waals surface area contributed by atoms with E-state index in [1.54, 1.807) is 0 Å². The van der Waals surface area contributed by atoms with Gasteiger partial charge in [-0.05, 0) is 68.6 Å². The van der Waals surface area contributed by atoms with Crippen LogP contribution in [0.5, 0.6) is 0 Å². The molecule has 1 aliphatic rings. The lowest BCUT2D eigenvalue weighted by molar-refractivity contribution is 0.278. The van der Waals surface area contributed by atoms with E-state index in [2.05, 4.69) is 20.3 Å². The lowest BCUT2D eigenvalue weighted by Crippen LogP contribution is -2.19. The molecule has 1 rings (SSSR count). The molecule has 0 aromatic heterocycles. The summed E-state index contributed by atoms with van der Waals surface area (Å²) in [5, 5.41) is 18.1. The SMILES string of the molecule is CCCCCCCC1[CH]C(CCCCCCCCO)C(CCCCCCCCO)CCC1CCCCCC. The number of aliphatic hydroxyl groups is 2. The Bertz CT molecular complexity index is 464. The van der Waals surface area contributed by atoms with Crippen LogP contribution in [0.3, 0.4) is 0 Å². The summed E-state index contributed by atoms with van der Waals surface area (Å²) >= 11 is 0. The highest BCUT2D eigenvalue weighted by molar-refractivity contribution is 4.94. The van der Waals surface area contributed by atoms with Crippen LogP contribution in [0, 0.1) is 30.1 Å². The number of hydrogen-bond acceptors (Lipinski definition) is 2. The van der Waals surface area contributed by atoms with Crippen molar-refractivity contribution in [2.24, 2.45) is 23.7 Å². The number of unbranched alkanes of at least 4 members (excludes halogenated alkanes) is 17. The van der Waals surface area contributed by atoms with Crippen LogP contribution in [-0.4, -0.2) is 23.4 Å². The zero-order chi connectivity index (χ0) is 27.5. The summed E-state index contributed by atoms with van der Waals surface area (Å²) in [6.07, 6.45) is 39.8. The van der Waals surface area contributed by atoms with Gasteiger partial charge in [0.05, 0.1) is 0 Å². The van der Waals surface area contributed by atoms with Crippen molar-refractivity contribution >= 4 is 0 Å². The van der Waals surface area contributed by atoms with Gasteiger partial charge < -0.3 is 10.2 Å². The number of hydrogen-bond donors (Lipinski definition) is 2. The zero-order valence-corrected chi connectivity index (χ0v) is 26.3. The maximum Gasteiger partial charge on any atom is 0.0431 e. The summed E-state index contributed by atoms with van der Waals surface area (Å²) in [4.78, 5) is 0. The Morgan fingerprint density at radius 2 is 0.737 bits per heavy atom. The van der Waals surface area contributed by atoms with Gasteiger partial charge >= 0.3 is 0 Å². The minimum Gasteiger partial charge on any atom is -0.396 e. The first-order valence-electron chi connectivity index (χ1n) is 17.8. The highest BCUT2D eigenvalue weighted by Gasteiger charge is 2.33. The minimum atomic E-state index is 0.361. The molecule has 2 N–H and O–H groups in total. The third-order valence-corrected chi connectivity index (χ3v) is 9.61. The van der Waals surface area contributed by atoms with Crippen LogP contribution in [0.4, 0.5) is 0 Å². The molecule has 4 unspecified atom stereocenters. The summed E-state index contributed by atoms with van der Waals surface area (Å²) in [7, 11) is 0. The largest absolute Gasteiger partial charge is 0.396 e. The molecule has 227 valence electrons. The van der Waals surface area contributed by atoms with Crippen molar-refractivity contribution in [1.82, 2.24) is 0 Å². The lowest BCUT2D eigenvalue weighted by Gasteiger charge is -2.29. The quantitative estimate of drug-likeness (QED) is 0.0811. The molecule has 0 heterocycles. The fourth-order valence-corrected chi connectivity index (χ4v) is 7.11. The van der Waals surface area contributed by atoms with E-state index in [1.807, 2.05) is 0 Å². The van der Waals surface area contributed by atoms with Gasteiger partial charge in [-0.25, -0.2) is 0 Å². The van der Waals surface area contributed by atoms with Crippen LogP contribution < -0.4 is 0 Å². The monoisotopic (exact) mass is 536 g/mol. The third-order valence-electron chi connectivity index (χ3n) is 9.61. The molecule has 4 atom stereocenters. The van der Waals surface area contributed by atoms with E-state index in [9.17, 15) is 0 Å². The maximum absolute atomic E-state index is 9.05. The first-order chi connectivity index (χ1) is 18.8. The molecule has 1 saturated carbocycles. The highest BCUT2D eigenvalue weighted by atomic mass is 16.3. The summed E-state index contributed by atoms with van der Waals surface area (Å²) < 4.78 is 0. The Morgan fingerprint density at radius 1 is 0.421 bits per heavy atom. The molecule has 0 spiro atoms. The van der Waals surface area contributed by atoms with Gasteiger partial charge in [-0.3, -0.25) is 0 Å². The van der Waals surface area contributed by atoms with E-state index >= 15 is 0 Å². The highest BCUT2D eigenvalue weighted by Crippen LogP contribution is 2.43. The van der Waals surface area contributed by atoms with Crippen LogP contribution in [0.25, 0.3) is 0 Å². The van der Waals surface area contributed by atoms with Crippen molar-refractivity contribution < 1.29 is 10.2 Å². The predicted molar refractivity (Wildman–Crippen MR) is 168 cm³/mol. The molecular weight excluding hydrogens is 464 g/mol. The molecule has 1 aliphatic carbocycles. The van der Waals surface area contributed by atoms with Crippen molar-refractivity contribution in [2.45, 2.75) is 187 Å². The minimum absolute atomic E-state index is 0.361. The normalized spacial score (nSPS) is 22.1. The van der Waals surface area contributed by atoms with Gasteiger partial charge in [0, 0.05) is 13.2 Å². The summed E-state index contributed by atoms with van der Waals surface area (Å²) in [6, 6.07) is 0. The lowest BCUT2D eigenvalue weighted by atomic mass is 9.76. The summed E-state index contributed by atoms with van der Waals surface area (Å²) in [5.41, 5.74) is 0. The molecule has 0 bridgehead atoms. The van der Waals surface area contributed by atoms with Crippen LogP contribution in [0.15, 0.2) is 0 Å². The van der Waals surface area contributed by atoms with Crippen molar-refractivity contribution in [3.63, 3.8) is 0 Å². The topological polar surface area (TPSA) is 40.5 Å². The van der Waals surface area contributed by atoms with Gasteiger partial charge in [-0.1, -0.05) is 149 Å². The Hall–Kier alpha value is -0.0800. The smallest absolute Gasteiger partial charge is 0.0431 e. The molecule has 38 heavy (non-hydrogen) atoms. The van der Waals surface area contributed by atoms with Gasteiger partial charge in [-0.15, -0.1) is 0 Å². The second-order valence-electron chi connectivity index (χ2n) is 12.9. The molecule has 1 fully saturated rings. The maximum atomic E-state index is 9.05. The van der Waals surface area contributed by atoms with E-state index in [1.165, 1.54) is 161 Å². The first-order valence-corrected chi connectivity index (χ1v) is 17.8. The first kappa shape index (κ1) is 35.9. The van der Waals surface area contributed by atoms with Crippen LogP contribution in [0.1, 0.15) is 187 Å². The average Bonchev–Trinajstić information content (AvgIpc) is 3.09. The standard InChI is InChI=1S/C36H71O2/c1-3-5-7-13-20-26-35-32-36(27-21-15-10-12-17-23-31-38)34(25-19-14-9-11-16-22-30-37)29-28-33(35)24-18-8-6-4-2/h32-38H,3-31H2,1-2H3. The predicted octanol–water partition coefficient (Wildman–Crippen LogP) is 11.2. The van der Waals surface area contributed by atoms with Crippen molar-refractivity contribution in [1.29, 1.82) is 0 Å². The molecule has 2 heteroatoms. The summed E-state index contributed by atoms with van der Waals surface area (Å²) in [5.74, 6) is 3.59. The molecule has 2 nitrogen and oxygen atoms in total. The molecule has 0 saturated heterocycles. The second kappa shape index (κ2) is 27.1. The van der Waals surface area contributed by atoms with Crippen LogP contribution >= 0.6 is 0 Å². The molecule has 0 amide bonds. The van der Waals surface area contributed by atoms with Crippen LogP contribution in [0.2, 0.25) is 0 Å². The van der Waals surface area contributed by atoms with E-state index in [4.69, 9.17) is 10.2 Å². The Balaban J connectivity index is 2.69.